The number of nitrogens with zero attached hydrogens (tertiary/aromatic N) is 4. The van der Waals surface area contributed by atoms with E-state index in [0.717, 1.165) is 19.3 Å². The van der Waals surface area contributed by atoms with Crippen molar-refractivity contribution in [3.63, 3.8) is 0 Å². The summed E-state index contributed by atoms with van der Waals surface area (Å²) >= 11 is 0. The predicted octanol–water partition coefficient (Wildman–Crippen LogP) is 2.98. The Morgan fingerprint density at radius 2 is 2.00 bits per heavy atom. The van der Waals surface area contributed by atoms with E-state index < -0.39 is 0 Å². The average Bonchev–Trinajstić information content (AvgIpc) is 3.09. The zero-order valence-electron chi connectivity index (χ0n) is 13.9. The first-order valence-electron chi connectivity index (χ1n) is 8.12. The molecule has 2 heterocycles. The Bertz CT molecular complexity index is 656. The minimum Gasteiger partial charge on any atom is -0.408 e. The maximum atomic E-state index is 5.76. The van der Waals surface area contributed by atoms with Crippen molar-refractivity contribution in [3.05, 3.63) is 22.8 Å². The number of aryl methyl sites for hydroxylation is 2. The molecule has 1 N–H and O–H groups in total. The maximum absolute atomic E-state index is 5.76. The Morgan fingerprint density at radius 3 is 2.77 bits per heavy atom. The summed E-state index contributed by atoms with van der Waals surface area (Å²) in [6.07, 6.45) is 5.68. The first-order chi connectivity index (χ1) is 10.5. The van der Waals surface area contributed by atoms with Crippen molar-refractivity contribution < 1.29 is 4.42 Å². The van der Waals surface area contributed by atoms with Gasteiger partial charge >= 0.3 is 6.01 Å². The summed E-state index contributed by atoms with van der Waals surface area (Å²) in [5.74, 6) is 0.685. The number of hydrogen-bond donors (Lipinski definition) is 1. The van der Waals surface area contributed by atoms with Gasteiger partial charge in [0, 0.05) is 12.5 Å². The smallest absolute Gasteiger partial charge is 0.315 e. The summed E-state index contributed by atoms with van der Waals surface area (Å²) in [5.41, 5.74) is 3.79. The predicted molar refractivity (Wildman–Crippen MR) is 84.8 cm³/mol. The molecule has 0 amide bonds. The fourth-order valence-corrected chi connectivity index (χ4v) is 2.85. The topological polar surface area (TPSA) is 68.8 Å². The van der Waals surface area contributed by atoms with Crippen LogP contribution in [0.25, 0.3) is 0 Å². The third kappa shape index (κ3) is 2.74. The monoisotopic (exact) mass is 303 g/mol. The van der Waals surface area contributed by atoms with Crippen molar-refractivity contribution in [2.75, 3.05) is 5.32 Å². The number of rotatable bonds is 5. The van der Waals surface area contributed by atoms with Crippen molar-refractivity contribution in [1.29, 1.82) is 0 Å². The molecule has 1 aliphatic rings. The van der Waals surface area contributed by atoms with Gasteiger partial charge in [-0.1, -0.05) is 25.9 Å². The van der Waals surface area contributed by atoms with Gasteiger partial charge in [0.15, 0.2) is 0 Å². The second kappa shape index (κ2) is 5.74. The van der Waals surface area contributed by atoms with E-state index in [1.165, 1.54) is 29.8 Å². The minimum absolute atomic E-state index is 0.0847. The first-order valence-corrected chi connectivity index (χ1v) is 8.12. The van der Waals surface area contributed by atoms with Crippen LogP contribution in [-0.4, -0.2) is 20.0 Å². The van der Waals surface area contributed by atoms with Gasteiger partial charge in [-0.15, -0.1) is 5.10 Å². The van der Waals surface area contributed by atoms with Gasteiger partial charge in [0.2, 0.25) is 5.89 Å². The van der Waals surface area contributed by atoms with Gasteiger partial charge in [0.25, 0.3) is 0 Å². The van der Waals surface area contributed by atoms with Crippen molar-refractivity contribution in [1.82, 2.24) is 20.0 Å². The summed E-state index contributed by atoms with van der Waals surface area (Å²) in [4.78, 5) is 0. The molecular weight excluding hydrogens is 278 g/mol. The molecule has 0 aliphatic heterocycles. The number of aromatic nitrogens is 4. The normalized spacial score (nSPS) is 14.9. The van der Waals surface area contributed by atoms with Crippen molar-refractivity contribution in [2.24, 2.45) is 7.05 Å². The number of nitrogens with one attached hydrogen (secondary N) is 1. The van der Waals surface area contributed by atoms with Crippen LogP contribution in [-0.2, 0) is 31.8 Å². The molecular formula is C16H25N5O. The van der Waals surface area contributed by atoms with Gasteiger partial charge in [-0.3, -0.25) is 4.68 Å². The summed E-state index contributed by atoms with van der Waals surface area (Å²) < 4.78 is 7.74. The second-order valence-electron chi connectivity index (χ2n) is 6.71. The third-order valence-corrected chi connectivity index (χ3v) is 4.74. The fourth-order valence-electron chi connectivity index (χ4n) is 2.85. The van der Waals surface area contributed by atoms with Gasteiger partial charge < -0.3 is 9.73 Å². The molecule has 6 nitrogen and oxygen atoms in total. The Morgan fingerprint density at radius 1 is 1.23 bits per heavy atom. The molecule has 0 saturated heterocycles. The van der Waals surface area contributed by atoms with Crippen LogP contribution >= 0.6 is 0 Å². The highest BCUT2D eigenvalue weighted by Crippen LogP contribution is 2.27. The first kappa shape index (κ1) is 15.1. The van der Waals surface area contributed by atoms with Crippen molar-refractivity contribution in [3.8, 4) is 0 Å². The van der Waals surface area contributed by atoms with Crippen LogP contribution in [0.4, 0.5) is 6.01 Å². The minimum atomic E-state index is -0.0847. The van der Waals surface area contributed by atoms with Gasteiger partial charge in [0.1, 0.15) is 0 Å². The molecule has 2 aromatic heterocycles. The zero-order chi connectivity index (χ0) is 15.7. The zero-order valence-corrected chi connectivity index (χ0v) is 13.9. The van der Waals surface area contributed by atoms with E-state index >= 15 is 0 Å². The summed E-state index contributed by atoms with van der Waals surface area (Å²) in [6, 6.07) is 0.488. The largest absolute Gasteiger partial charge is 0.408 e. The Hall–Kier alpha value is -1.85. The second-order valence-corrected chi connectivity index (χ2v) is 6.71. The summed E-state index contributed by atoms with van der Waals surface area (Å²) in [5, 5.41) is 16.2. The number of fused-ring (bicyclic) bond motifs is 1. The van der Waals surface area contributed by atoms with Crippen LogP contribution in [0.5, 0.6) is 0 Å². The van der Waals surface area contributed by atoms with E-state index in [1.54, 1.807) is 0 Å². The van der Waals surface area contributed by atoms with Gasteiger partial charge in [-0.2, -0.15) is 5.10 Å². The molecule has 1 aliphatic carbocycles. The molecule has 0 atom stereocenters. The van der Waals surface area contributed by atoms with Crippen LogP contribution in [0.15, 0.2) is 4.42 Å². The lowest BCUT2D eigenvalue weighted by Crippen LogP contribution is -2.15. The molecule has 0 fully saturated rings. The quantitative estimate of drug-likeness (QED) is 0.919. The van der Waals surface area contributed by atoms with E-state index in [-0.39, 0.29) is 5.41 Å². The molecule has 0 bridgehead atoms. The molecule has 2 aromatic rings. The lowest BCUT2D eigenvalue weighted by molar-refractivity contribution is 0.365. The van der Waals surface area contributed by atoms with Crippen LogP contribution < -0.4 is 5.32 Å². The average molecular weight is 303 g/mol. The van der Waals surface area contributed by atoms with Crippen LogP contribution in [0.2, 0.25) is 0 Å². The molecule has 0 spiro atoms. The van der Waals surface area contributed by atoms with Crippen LogP contribution in [0.3, 0.4) is 0 Å². The number of hydrogen-bond acceptors (Lipinski definition) is 5. The van der Waals surface area contributed by atoms with Crippen molar-refractivity contribution >= 4 is 6.01 Å². The fraction of sp³-hybridized carbons (Fsp3) is 0.688. The molecule has 0 unspecified atom stereocenters. The lowest BCUT2D eigenvalue weighted by Gasteiger charge is -2.16. The Kier molecular flexibility index (Phi) is 3.93. The Labute approximate surface area is 131 Å². The molecule has 0 saturated carbocycles. The molecule has 120 valence electrons. The van der Waals surface area contributed by atoms with E-state index in [2.05, 4.69) is 41.4 Å². The highest BCUT2D eigenvalue weighted by molar-refractivity contribution is 5.31. The van der Waals surface area contributed by atoms with E-state index in [9.17, 15) is 0 Å². The van der Waals surface area contributed by atoms with Gasteiger partial charge in [-0.25, -0.2) is 0 Å². The highest BCUT2D eigenvalue weighted by Gasteiger charge is 2.25. The van der Waals surface area contributed by atoms with Gasteiger partial charge in [0.05, 0.1) is 17.9 Å². The van der Waals surface area contributed by atoms with Crippen molar-refractivity contribution in [2.45, 2.75) is 64.8 Å². The number of anilines is 1. The Balaban J connectivity index is 1.72. The van der Waals surface area contributed by atoms with Crippen LogP contribution in [0.1, 0.15) is 62.9 Å². The maximum Gasteiger partial charge on any atom is 0.315 e. The SMILES string of the molecule is CCC(C)(C)c1nnc(NCc2c3c(nn2C)CCCC3)o1. The summed E-state index contributed by atoms with van der Waals surface area (Å²) in [6.45, 7) is 7.02. The van der Waals surface area contributed by atoms with E-state index in [4.69, 9.17) is 4.42 Å². The standard InChI is InChI=1S/C16H25N5O/c1-5-16(2,3)14-18-19-15(22-14)17-10-13-11-8-6-7-9-12(11)20-21(13)4/h5-10H2,1-4H3,(H,17,19). The lowest BCUT2D eigenvalue weighted by atomic mass is 9.90. The third-order valence-electron chi connectivity index (χ3n) is 4.74. The molecule has 6 heteroatoms. The molecule has 0 radical (unpaired) electrons. The highest BCUT2D eigenvalue weighted by atomic mass is 16.4. The summed E-state index contributed by atoms with van der Waals surface area (Å²) in [7, 11) is 2.01. The van der Waals surface area contributed by atoms with E-state index in [0.29, 0.717) is 18.5 Å². The van der Waals surface area contributed by atoms with Gasteiger partial charge in [-0.05, 0) is 37.7 Å². The molecule has 3 rings (SSSR count). The molecule has 22 heavy (non-hydrogen) atoms. The molecule has 0 aromatic carbocycles. The van der Waals surface area contributed by atoms with E-state index in [1.807, 2.05) is 11.7 Å². The van der Waals surface area contributed by atoms with Crippen LogP contribution in [0, 0.1) is 0 Å².